The van der Waals surface area contributed by atoms with Crippen LogP contribution < -0.4 is 9.47 Å². The van der Waals surface area contributed by atoms with E-state index in [1.165, 1.54) is 0 Å². The number of hydrogen-bond donors (Lipinski definition) is 0. The number of methoxy groups -OCH3 is 1. The van der Waals surface area contributed by atoms with Gasteiger partial charge in [0.1, 0.15) is 23.7 Å². The Labute approximate surface area is 129 Å². The number of pyridine rings is 1. The Kier molecular flexibility index (Phi) is 3.80. The summed E-state index contributed by atoms with van der Waals surface area (Å²) in [4.78, 5) is 4.23. The van der Waals surface area contributed by atoms with Gasteiger partial charge >= 0.3 is 0 Å². The molecule has 0 saturated heterocycles. The number of hydrogen-bond acceptors (Lipinski definition) is 4. The molecule has 0 bridgehead atoms. The van der Waals surface area contributed by atoms with E-state index in [2.05, 4.69) is 11.1 Å². The Bertz CT molecular complexity index is 761. The maximum absolute atomic E-state index is 9.44. The second-order valence-electron chi connectivity index (χ2n) is 5.22. The van der Waals surface area contributed by atoms with Crippen LogP contribution in [0.5, 0.6) is 11.5 Å². The average Bonchev–Trinajstić information content (AvgIpc) is 2.93. The third kappa shape index (κ3) is 2.66. The van der Waals surface area contributed by atoms with Crippen LogP contribution >= 0.6 is 0 Å². The molecular weight excluding hydrogens is 276 g/mol. The first-order valence-corrected chi connectivity index (χ1v) is 7.12. The summed E-state index contributed by atoms with van der Waals surface area (Å²) < 4.78 is 11.2. The minimum absolute atomic E-state index is 0.134. The molecule has 0 radical (unpaired) electrons. The molecule has 2 aromatic rings. The van der Waals surface area contributed by atoms with Crippen LogP contribution in [0.3, 0.4) is 0 Å². The Morgan fingerprint density at radius 1 is 1.45 bits per heavy atom. The summed E-state index contributed by atoms with van der Waals surface area (Å²) in [6.07, 6.45) is 4.46. The number of ether oxygens (including phenoxy) is 2. The molecule has 1 aliphatic rings. The Morgan fingerprint density at radius 3 is 3.00 bits per heavy atom. The lowest BCUT2D eigenvalue weighted by molar-refractivity contribution is 0.254. The zero-order valence-corrected chi connectivity index (χ0v) is 12.5. The largest absolute Gasteiger partial charge is 0.497 e. The summed E-state index contributed by atoms with van der Waals surface area (Å²) in [5.41, 5.74) is 3.10. The molecule has 0 spiro atoms. The number of nitriles is 1. The molecule has 1 atom stereocenters. The predicted molar refractivity (Wildman–Crippen MR) is 84.5 cm³/mol. The molecule has 0 fully saturated rings. The molecule has 0 N–H and O–H groups in total. The molecule has 4 heteroatoms. The molecule has 1 aromatic carbocycles. The fraction of sp³-hybridized carbons (Fsp3) is 0.222. The van der Waals surface area contributed by atoms with E-state index in [0.29, 0.717) is 11.3 Å². The van der Waals surface area contributed by atoms with E-state index < -0.39 is 0 Å². The highest BCUT2D eigenvalue weighted by atomic mass is 16.5. The lowest BCUT2D eigenvalue weighted by Gasteiger charge is -2.09. The van der Waals surface area contributed by atoms with Crippen molar-refractivity contribution in [3.63, 3.8) is 0 Å². The zero-order chi connectivity index (χ0) is 15.5. The van der Waals surface area contributed by atoms with Gasteiger partial charge in [0.05, 0.1) is 18.4 Å². The highest BCUT2D eigenvalue weighted by molar-refractivity contribution is 5.90. The lowest BCUT2D eigenvalue weighted by Crippen LogP contribution is -2.05. The van der Waals surface area contributed by atoms with E-state index in [0.717, 1.165) is 29.0 Å². The standard InChI is InChI=1S/C18H16N2O2/c1-12-7-13-9-16(21-2)10-14(18(13)22-12)8-15(11-19)17-5-3-4-6-20-17/h3-6,8-10,12H,7H2,1-2H3/b15-8+/t12-/m0/s1. The number of nitrogens with zero attached hydrogens (tertiary/aromatic N) is 2. The van der Waals surface area contributed by atoms with Gasteiger partial charge in [-0.2, -0.15) is 5.26 Å². The van der Waals surface area contributed by atoms with Gasteiger partial charge in [-0.05, 0) is 37.3 Å². The van der Waals surface area contributed by atoms with Crippen molar-refractivity contribution in [1.82, 2.24) is 4.98 Å². The monoisotopic (exact) mass is 292 g/mol. The third-order valence-electron chi connectivity index (χ3n) is 3.59. The van der Waals surface area contributed by atoms with Gasteiger partial charge in [-0.15, -0.1) is 0 Å². The van der Waals surface area contributed by atoms with Crippen LogP contribution in [0, 0.1) is 11.3 Å². The van der Waals surface area contributed by atoms with Crippen molar-refractivity contribution in [2.75, 3.05) is 7.11 Å². The van der Waals surface area contributed by atoms with E-state index >= 15 is 0 Å². The van der Waals surface area contributed by atoms with Crippen LogP contribution in [0.25, 0.3) is 11.6 Å². The van der Waals surface area contributed by atoms with Gasteiger partial charge in [0.25, 0.3) is 0 Å². The first-order valence-electron chi connectivity index (χ1n) is 7.12. The Balaban J connectivity index is 2.10. The first kappa shape index (κ1) is 14.2. The van der Waals surface area contributed by atoms with E-state index in [-0.39, 0.29) is 6.10 Å². The fourth-order valence-corrected chi connectivity index (χ4v) is 2.60. The van der Waals surface area contributed by atoms with Gasteiger partial charge in [-0.25, -0.2) is 0 Å². The molecule has 0 amide bonds. The van der Waals surface area contributed by atoms with Gasteiger partial charge in [0.2, 0.25) is 0 Å². The lowest BCUT2D eigenvalue weighted by atomic mass is 10.0. The quantitative estimate of drug-likeness (QED) is 0.813. The van der Waals surface area contributed by atoms with Gasteiger partial charge in [0, 0.05) is 23.7 Å². The topological polar surface area (TPSA) is 55.1 Å². The SMILES string of the molecule is COc1cc(/C=C(\C#N)c2ccccn2)c2c(c1)C[C@H](C)O2. The normalized spacial score (nSPS) is 16.6. The second-order valence-corrected chi connectivity index (χ2v) is 5.22. The highest BCUT2D eigenvalue weighted by Crippen LogP contribution is 2.37. The third-order valence-corrected chi connectivity index (χ3v) is 3.59. The predicted octanol–water partition coefficient (Wildman–Crippen LogP) is 3.48. The molecule has 110 valence electrons. The molecule has 1 aliphatic heterocycles. The smallest absolute Gasteiger partial charge is 0.130 e. The number of rotatable bonds is 3. The summed E-state index contributed by atoms with van der Waals surface area (Å²) >= 11 is 0. The first-order chi connectivity index (χ1) is 10.7. The summed E-state index contributed by atoms with van der Waals surface area (Å²) in [5.74, 6) is 1.60. The Hall–Kier alpha value is -2.80. The van der Waals surface area contributed by atoms with Gasteiger partial charge in [0.15, 0.2) is 0 Å². The van der Waals surface area contributed by atoms with Crippen molar-refractivity contribution in [2.45, 2.75) is 19.4 Å². The van der Waals surface area contributed by atoms with E-state index in [4.69, 9.17) is 9.47 Å². The minimum Gasteiger partial charge on any atom is -0.497 e. The van der Waals surface area contributed by atoms with E-state index in [1.54, 1.807) is 13.3 Å². The van der Waals surface area contributed by atoms with Gasteiger partial charge in [-0.1, -0.05) is 6.07 Å². The maximum Gasteiger partial charge on any atom is 0.130 e. The molecular formula is C18H16N2O2. The van der Waals surface area contributed by atoms with Crippen molar-refractivity contribution in [1.29, 1.82) is 5.26 Å². The molecule has 2 heterocycles. The fourth-order valence-electron chi connectivity index (χ4n) is 2.60. The van der Waals surface area contributed by atoms with Crippen molar-refractivity contribution in [3.05, 3.63) is 53.3 Å². The molecule has 0 saturated carbocycles. The molecule has 4 nitrogen and oxygen atoms in total. The van der Waals surface area contributed by atoms with Gasteiger partial charge in [-0.3, -0.25) is 4.98 Å². The Morgan fingerprint density at radius 2 is 2.32 bits per heavy atom. The zero-order valence-electron chi connectivity index (χ0n) is 12.5. The summed E-state index contributed by atoms with van der Waals surface area (Å²) in [5, 5.41) is 9.44. The van der Waals surface area contributed by atoms with Crippen LogP contribution in [0.4, 0.5) is 0 Å². The van der Waals surface area contributed by atoms with Gasteiger partial charge < -0.3 is 9.47 Å². The van der Waals surface area contributed by atoms with Crippen LogP contribution in [-0.2, 0) is 6.42 Å². The summed E-state index contributed by atoms with van der Waals surface area (Å²) in [7, 11) is 1.64. The van der Waals surface area contributed by atoms with Crippen molar-refractivity contribution in [3.8, 4) is 17.6 Å². The highest BCUT2D eigenvalue weighted by Gasteiger charge is 2.23. The number of fused-ring (bicyclic) bond motifs is 1. The van der Waals surface area contributed by atoms with Crippen LogP contribution in [0.15, 0.2) is 36.5 Å². The van der Waals surface area contributed by atoms with Crippen LogP contribution in [0.2, 0.25) is 0 Å². The summed E-state index contributed by atoms with van der Waals surface area (Å²) in [6.45, 7) is 2.03. The molecule has 3 rings (SSSR count). The van der Waals surface area contributed by atoms with E-state index in [9.17, 15) is 5.26 Å². The van der Waals surface area contributed by atoms with Crippen LogP contribution in [0.1, 0.15) is 23.7 Å². The second kappa shape index (κ2) is 5.90. The average molecular weight is 292 g/mol. The van der Waals surface area contributed by atoms with E-state index in [1.807, 2.05) is 43.3 Å². The molecule has 0 unspecified atom stereocenters. The summed E-state index contributed by atoms with van der Waals surface area (Å²) in [6, 6.07) is 11.6. The van der Waals surface area contributed by atoms with Crippen LogP contribution in [-0.4, -0.2) is 18.2 Å². The molecule has 1 aromatic heterocycles. The van der Waals surface area contributed by atoms with Crippen molar-refractivity contribution >= 4 is 11.6 Å². The minimum atomic E-state index is 0.134. The molecule has 0 aliphatic carbocycles. The number of allylic oxidation sites excluding steroid dienone is 1. The van der Waals surface area contributed by atoms with Crippen molar-refractivity contribution < 1.29 is 9.47 Å². The molecule has 22 heavy (non-hydrogen) atoms. The van der Waals surface area contributed by atoms with Crippen molar-refractivity contribution in [2.24, 2.45) is 0 Å². The number of aromatic nitrogens is 1. The maximum atomic E-state index is 9.44. The number of benzene rings is 1.